The van der Waals surface area contributed by atoms with Crippen LogP contribution >= 0.6 is 23.8 Å². The van der Waals surface area contributed by atoms with Gasteiger partial charge in [-0.2, -0.15) is 0 Å². The summed E-state index contributed by atoms with van der Waals surface area (Å²) in [4.78, 5) is 23.6. The van der Waals surface area contributed by atoms with E-state index in [9.17, 15) is 14.0 Å². The van der Waals surface area contributed by atoms with E-state index in [1.807, 2.05) is 0 Å². The molecule has 0 bridgehead atoms. The van der Waals surface area contributed by atoms with Crippen LogP contribution in [0.4, 0.5) is 4.39 Å². The highest BCUT2D eigenvalue weighted by molar-refractivity contribution is 7.80. The minimum absolute atomic E-state index is 0.162. The van der Waals surface area contributed by atoms with Crippen LogP contribution in [0.1, 0.15) is 15.9 Å². The summed E-state index contributed by atoms with van der Waals surface area (Å²) in [7, 11) is 0. The summed E-state index contributed by atoms with van der Waals surface area (Å²) in [6, 6.07) is 10.5. The normalized spacial score (nSPS) is 9.96. The van der Waals surface area contributed by atoms with E-state index >= 15 is 0 Å². The molecule has 2 aromatic rings. The average molecular weight is 396 g/mol. The first-order valence-corrected chi connectivity index (χ1v) is 8.19. The van der Waals surface area contributed by atoms with E-state index in [0.717, 1.165) is 11.6 Å². The molecule has 0 heterocycles. The SMILES string of the molecule is Cc1cc(Cl)ccc1OCC(=O)NNC(=S)NC(=O)c1ccccc1F. The number of carbonyl (C=O) groups is 2. The van der Waals surface area contributed by atoms with Gasteiger partial charge in [0.15, 0.2) is 11.7 Å². The summed E-state index contributed by atoms with van der Waals surface area (Å²) in [6.07, 6.45) is 0. The van der Waals surface area contributed by atoms with E-state index in [0.29, 0.717) is 10.8 Å². The molecule has 3 N–H and O–H groups in total. The summed E-state index contributed by atoms with van der Waals surface area (Å²) in [5, 5.41) is 2.63. The summed E-state index contributed by atoms with van der Waals surface area (Å²) in [6.45, 7) is 1.52. The zero-order valence-corrected chi connectivity index (χ0v) is 15.2. The summed E-state index contributed by atoms with van der Waals surface area (Å²) in [5.41, 5.74) is 5.23. The monoisotopic (exact) mass is 395 g/mol. The highest BCUT2D eigenvalue weighted by Crippen LogP contribution is 2.21. The third kappa shape index (κ3) is 5.68. The predicted molar refractivity (Wildman–Crippen MR) is 99.4 cm³/mol. The van der Waals surface area contributed by atoms with E-state index in [-0.39, 0.29) is 17.3 Å². The standard InChI is InChI=1S/C17H15ClFN3O3S/c1-10-8-11(18)6-7-14(10)25-9-15(23)21-22-17(26)20-16(24)12-4-2-3-5-13(12)19/h2-8H,9H2,1H3,(H,21,23)(H2,20,22,24,26). The third-order valence-corrected chi connectivity index (χ3v) is 3.60. The molecular formula is C17H15ClFN3O3S. The number of rotatable bonds is 4. The lowest BCUT2D eigenvalue weighted by Gasteiger charge is -2.12. The molecule has 2 rings (SSSR count). The van der Waals surface area contributed by atoms with Crippen LogP contribution in [0.15, 0.2) is 42.5 Å². The van der Waals surface area contributed by atoms with Gasteiger partial charge in [-0.1, -0.05) is 23.7 Å². The van der Waals surface area contributed by atoms with Crippen LogP contribution in [-0.2, 0) is 4.79 Å². The molecule has 0 radical (unpaired) electrons. The van der Waals surface area contributed by atoms with Crippen LogP contribution < -0.4 is 20.9 Å². The number of aryl methyl sites for hydroxylation is 1. The zero-order valence-electron chi connectivity index (χ0n) is 13.6. The van der Waals surface area contributed by atoms with Crippen molar-refractivity contribution < 1.29 is 18.7 Å². The molecular weight excluding hydrogens is 381 g/mol. The fraction of sp³-hybridized carbons (Fsp3) is 0.118. The minimum atomic E-state index is -0.733. The Balaban J connectivity index is 1.77. The fourth-order valence-electron chi connectivity index (χ4n) is 1.93. The lowest BCUT2D eigenvalue weighted by molar-refractivity contribution is -0.123. The number of nitrogens with one attached hydrogen (secondary N) is 3. The topological polar surface area (TPSA) is 79.5 Å². The fourth-order valence-corrected chi connectivity index (χ4v) is 2.30. The van der Waals surface area contributed by atoms with E-state index < -0.39 is 17.6 Å². The van der Waals surface area contributed by atoms with Crippen molar-refractivity contribution in [2.75, 3.05) is 6.61 Å². The van der Waals surface area contributed by atoms with Crippen molar-refractivity contribution in [3.63, 3.8) is 0 Å². The number of ether oxygens (including phenoxy) is 1. The van der Waals surface area contributed by atoms with Crippen molar-refractivity contribution in [3.05, 3.63) is 64.4 Å². The van der Waals surface area contributed by atoms with Gasteiger partial charge in [0.1, 0.15) is 11.6 Å². The number of thiocarbonyl (C=S) groups is 1. The molecule has 0 aliphatic heterocycles. The van der Waals surface area contributed by atoms with Crippen LogP contribution in [0.2, 0.25) is 5.02 Å². The Hall–Kier alpha value is -2.71. The van der Waals surface area contributed by atoms with E-state index in [1.165, 1.54) is 18.2 Å². The first-order valence-electron chi connectivity index (χ1n) is 7.40. The van der Waals surface area contributed by atoms with Gasteiger partial charge in [0, 0.05) is 5.02 Å². The molecule has 0 aliphatic carbocycles. The zero-order chi connectivity index (χ0) is 19.1. The largest absolute Gasteiger partial charge is 0.483 e. The van der Waals surface area contributed by atoms with Crippen LogP contribution in [0.5, 0.6) is 5.75 Å². The van der Waals surface area contributed by atoms with Gasteiger partial charge in [-0.05, 0) is 55.0 Å². The number of amides is 2. The third-order valence-electron chi connectivity index (χ3n) is 3.16. The molecule has 6 nitrogen and oxygen atoms in total. The van der Waals surface area contributed by atoms with E-state index in [4.69, 9.17) is 28.6 Å². The van der Waals surface area contributed by atoms with Gasteiger partial charge in [-0.3, -0.25) is 25.8 Å². The highest BCUT2D eigenvalue weighted by Gasteiger charge is 2.12. The molecule has 0 aromatic heterocycles. The quantitative estimate of drug-likeness (QED) is 0.547. The first-order chi connectivity index (χ1) is 12.4. The lowest BCUT2D eigenvalue weighted by Crippen LogP contribution is -2.49. The molecule has 136 valence electrons. The maximum atomic E-state index is 13.5. The summed E-state index contributed by atoms with van der Waals surface area (Å²) >= 11 is 10.7. The van der Waals surface area contributed by atoms with Crippen molar-refractivity contribution >= 4 is 40.7 Å². The second kappa shape index (κ2) is 9.12. The second-order valence-corrected chi connectivity index (χ2v) is 5.98. The molecule has 2 amide bonds. The molecule has 0 spiro atoms. The van der Waals surface area contributed by atoms with E-state index in [1.54, 1.807) is 25.1 Å². The maximum absolute atomic E-state index is 13.5. The number of benzene rings is 2. The lowest BCUT2D eigenvalue weighted by atomic mass is 10.2. The number of hydrogen-bond acceptors (Lipinski definition) is 4. The highest BCUT2D eigenvalue weighted by atomic mass is 35.5. The molecule has 26 heavy (non-hydrogen) atoms. The molecule has 0 saturated carbocycles. The molecule has 9 heteroatoms. The van der Waals surface area contributed by atoms with Gasteiger partial charge in [0.2, 0.25) is 0 Å². The number of halogens is 2. The number of carbonyl (C=O) groups excluding carboxylic acids is 2. The molecule has 0 unspecified atom stereocenters. The van der Waals surface area contributed by atoms with Gasteiger partial charge in [0.05, 0.1) is 5.56 Å². The van der Waals surface area contributed by atoms with Gasteiger partial charge in [-0.25, -0.2) is 4.39 Å². The summed E-state index contributed by atoms with van der Waals surface area (Å²) < 4.78 is 18.9. The molecule has 0 atom stereocenters. The van der Waals surface area contributed by atoms with Crippen molar-refractivity contribution in [3.8, 4) is 5.75 Å². The Kier molecular flexibility index (Phi) is 6.88. The van der Waals surface area contributed by atoms with Crippen LogP contribution in [0.3, 0.4) is 0 Å². The van der Waals surface area contributed by atoms with Gasteiger partial charge in [-0.15, -0.1) is 0 Å². The van der Waals surface area contributed by atoms with Crippen molar-refractivity contribution in [1.29, 1.82) is 0 Å². The Morgan fingerprint density at radius 1 is 1.19 bits per heavy atom. The second-order valence-electron chi connectivity index (χ2n) is 5.13. The summed E-state index contributed by atoms with van der Waals surface area (Å²) in [5.74, 6) is -1.42. The number of hydrazine groups is 1. The predicted octanol–water partition coefficient (Wildman–Crippen LogP) is 2.50. The number of hydrogen-bond donors (Lipinski definition) is 3. The van der Waals surface area contributed by atoms with Crippen molar-refractivity contribution in [1.82, 2.24) is 16.2 Å². The van der Waals surface area contributed by atoms with Gasteiger partial charge < -0.3 is 4.74 Å². The Morgan fingerprint density at radius 2 is 1.92 bits per heavy atom. The Morgan fingerprint density at radius 3 is 2.62 bits per heavy atom. The molecule has 0 aliphatic rings. The molecule has 2 aromatic carbocycles. The molecule has 0 saturated heterocycles. The Bertz CT molecular complexity index is 848. The van der Waals surface area contributed by atoms with Crippen LogP contribution in [0.25, 0.3) is 0 Å². The molecule has 0 fully saturated rings. The van der Waals surface area contributed by atoms with Crippen LogP contribution in [-0.4, -0.2) is 23.5 Å². The van der Waals surface area contributed by atoms with Crippen molar-refractivity contribution in [2.24, 2.45) is 0 Å². The average Bonchev–Trinajstić information content (AvgIpc) is 2.59. The van der Waals surface area contributed by atoms with Crippen LogP contribution in [0, 0.1) is 12.7 Å². The van der Waals surface area contributed by atoms with Gasteiger partial charge in [0.25, 0.3) is 11.8 Å². The Labute approximate surface area is 159 Å². The van der Waals surface area contributed by atoms with Crippen molar-refractivity contribution in [2.45, 2.75) is 6.92 Å². The van der Waals surface area contributed by atoms with Gasteiger partial charge >= 0.3 is 0 Å². The van der Waals surface area contributed by atoms with E-state index in [2.05, 4.69) is 16.2 Å². The maximum Gasteiger partial charge on any atom is 0.276 e. The smallest absolute Gasteiger partial charge is 0.276 e. The minimum Gasteiger partial charge on any atom is -0.483 e. The first kappa shape index (κ1) is 19.6.